The van der Waals surface area contributed by atoms with Crippen molar-refractivity contribution < 1.29 is 14.3 Å². The van der Waals surface area contributed by atoms with Crippen molar-refractivity contribution in [2.75, 3.05) is 12.4 Å². The van der Waals surface area contributed by atoms with E-state index >= 15 is 0 Å². The highest BCUT2D eigenvalue weighted by Gasteiger charge is 2.21. The number of anilines is 1. The van der Waals surface area contributed by atoms with Crippen LogP contribution in [0.5, 0.6) is 5.75 Å². The average Bonchev–Trinajstić information content (AvgIpc) is 2.69. The third-order valence-corrected chi connectivity index (χ3v) is 4.94. The normalized spacial score (nSPS) is 16.1. The second-order valence-corrected chi connectivity index (χ2v) is 7.41. The number of carbonyl (C=O) groups excluding carboxylic acids is 1. The van der Waals surface area contributed by atoms with Crippen molar-refractivity contribution in [1.29, 1.82) is 0 Å². The highest BCUT2D eigenvalue weighted by molar-refractivity contribution is 6.37. The fourth-order valence-electron chi connectivity index (χ4n) is 2.95. The van der Waals surface area contributed by atoms with Gasteiger partial charge in [-0.3, -0.25) is 0 Å². The van der Waals surface area contributed by atoms with E-state index in [1.165, 1.54) is 7.11 Å². The van der Waals surface area contributed by atoms with Gasteiger partial charge in [-0.25, -0.2) is 4.79 Å². The SMILES string of the molecule is COC(=O)C1=C(Nc2cc(Cl)c(OCc3ccccc3)c(Cl)c2)C=C[C@@H](C)C1. The molecule has 0 bridgehead atoms. The summed E-state index contributed by atoms with van der Waals surface area (Å²) in [7, 11) is 1.38. The van der Waals surface area contributed by atoms with Crippen LogP contribution in [0, 0.1) is 5.92 Å². The van der Waals surface area contributed by atoms with Gasteiger partial charge in [-0.05, 0) is 36.1 Å². The van der Waals surface area contributed by atoms with E-state index in [1.54, 1.807) is 12.1 Å². The van der Waals surface area contributed by atoms with Crippen LogP contribution in [-0.4, -0.2) is 13.1 Å². The lowest BCUT2D eigenvalue weighted by atomic mass is 9.93. The van der Waals surface area contributed by atoms with Gasteiger partial charge >= 0.3 is 5.97 Å². The van der Waals surface area contributed by atoms with Crippen LogP contribution < -0.4 is 10.1 Å². The average molecular weight is 418 g/mol. The minimum Gasteiger partial charge on any atom is -0.486 e. The first-order chi connectivity index (χ1) is 13.5. The Labute approximate surface area is 174 Å². The van der Waals surface area contributed by atoms with Gasteiger partial charge in [-0.1, -0.05) is 66.5 Å². The molecule has 3 rings (SSSR count). The highest BCUT2D eigenvalue weighted by Crippen LogP contribution is 2.37. The van der Waals surface area contributed by atoms with Crippen LogP contribution in [0.1, 0.15) is 18.9 Å². The second-order valence-electron chi connectivity index (χ2n) is 6.59. The quantitative estimate of drug-likeness (QED) is 0.584. The number of ether oxygens (including phenoxy) is 2. The van der Waals surface area contributed by atoms with Gasteiger partial charge in [0.05, 0.1) is 22.7 Å². The van der Waals surface area contributed by atoms with Crippen LogP contribution in [0.2, 0.25) is 10.0 Å². The number of methoxy groups -OCH3 is 1. The Balaban J connectivity index is 1.80. The molecule has 6 heteroatoms. The van der Waals surface area contributed by atoms with Gasteiger partial charge in [0.1, 0.15) is 6.61 Å². The lowest BCUT2D eigenvalue weighted by molar-refractivity contribution is -0.136. The zero-order valence-electron chi connectivity index (χ0n) is 15.7. The largest absolute Gasteiger partial charge is 0.486 e. The molecule has 2 aromatic carbocycles. The zero-order valence-corrected chi connectivity index (χ0v) is 17.2. The predicted octanol–water partition coefficient (Wildman–Crippen LogP) is 6.01. The minimum atomic E-state index is -0.348. The third kappa shape index (κ3) is 4.89. The Bertz CT molecular complexity index is 900. The number of nitrogens with one attached hydrogen (secondary N) is 1. The number of halogens is 2. The first-order valence-corrected chi connectivity index (χ1v) is 9.66. The maximum Gasteiger partial charge on any atom is 0.335 e. The van der Waals surface area contributed by atoms with Gasteiger partial charge in [-0.15, -0.1) is 0 Å². The van der Waals surface area contributed by atoms with E-state index in [1.807, 2.05) is 49.4 Å². The number of hydrogen-bond acceptors (Lipinski definition) is 4. The van der Waals surface area contributed by atoms with Gasteiger partial charge in [0.15, 0.2) is 5.75 Å². The topological polar surface area (TPSA) is 47.6 Å². The first kappa shape index (κ1) is 20.3. The highest BCUT2D eigenvalue weighted by atomic mass is 35.5. The number of benzene rings is 2. The molecule has 0 fully saturated rings. The van der Waals surface area contributed by atoms with Crippen molar-refractivity contribution in [1.82, 2.24) is 0 Å². The van der Waals surface area contributed by atoms with Crippen molar-refractivity contribution in [3.63, 3.8) is 0 Å². The van der Waals surface area contributed by atoms with Gasteiger partial charge in [0.25, 0.3) is 0 Å². The summed E-state index contributed by atoms with van der Waals surface area (Å²) < 4.78 is 10.7. The van der Waals surface area contributed by atoms with Crippen molar-refractivity contribution in [3.05, 3.63) is 81.5 Å². The van der Waals surface area contributed by atoms with E-state index in [2.05, 4.69) is 5.32 Å². The molecule has 1 aliphatic rings. The molecule has 1 atom stereocenters. The lowest BCUT2D eigenvalue weighted by Gasteiger charge is -2.20. The number of esters is 1. The van der Waals surface area contributed by atoms with Crippen molar-refractivity contribution in [2.45, 2.75) is 20.0 Å². The molecule has 28 heavy (non-hydrogen) atoms. The van der Waals surface area contributed by atoms with E-state index in [0.29, 0.717) is 45.8 Å². The molecule has 0 saturated carbocycles. The second kappa shape index (κ2) is 9.18. The molecule has 1 aliphatic carbocycles. The summed E-state index contributed by atoms with van der Waals surface area (Å²) in [5.41, 5.74) is 2.95. The van der Waals surface area contributed by atoms with Crippen molar-refractivity contribution >= 4 is 34.9 Å². The molecule has 0 amide bonds. The van der Waals surface area contributed by atoms with E-state index in [9.17, 15) is 4.79 Å². The van der Waals surface area contributed by atoms with E-state index < -0.39 is 0 Å². The molecule has 0 radical (unpaired) electrons. The number of hydrogen-bond donors (Lipinski definition) is 1. The van der Waals surface area contributed by atoms with Crippen LogP contribution in [0.4, 0.5) is 5.69 Å². The summed E-state index contributed by atoms with van der Waals surface area (Å²) in [5.74, 6) is 0.340. The molecule has 146 valence electrons. The number of rotatable bonds is 6. The molecule has 0 spiro atoms. The Kier molecular flexibility index (Phi) is 6.65. The van der Waals surface area contributed by atoms with E-state index in [4.69, 9.17) is 32.7 Å². The van der Waals surface area contributed by atoms with Crippen LogP contribution >= 0.6 is 23.2 Å². The van der Waals surface area contributed by atoms with E-state index in [0.717, 1.165) is 5.56 Å². The molecular formula is C22H21Cl2NO3. The summed E-state index contributed by atoms with van der Waals surface area (Å²) in [5, 5.41) is 3.99. The Morgan fingerprint density at radius 3 is 2.50 bits per heavy atom. The Hall–Kier alpha value is -2.43. The third-order valence-electron chi connectivity index (χ3n) is 4.38. The van der Waals surface area contributed by atoms with Crippen molar-refractivity contribution in [3.8, 4) is 5.75 Å². The minimum absolute atomic E-state index is 0.264. The monoisotopic (exact) mass is 417 g/mol. The number of allylic oxidation sites excluding steroid dienone is 2. The molecule has 0 aromatic heterocycles. The van der Waals surface area contributed by atoms with Crippen LogP contribution in [0.3, 0.4) is 0 Å². The molecule has 2 aromatic rings. The summed E-state index contributed by atoms with van der Waals surface area (Å²) in [6.45, 7) is 2.41. The number of carbonyl (C=O) groups is 1. The standard InChI is InChI=1S/C22H21Cl2NO3/c1-14-8-9-20(17(10-14)22(26)27-2)25-16-11-18(23)21(19(24)12-16)28-13-15-6-4-3-5-7-15/h3-9,11-12,14,25H,10,13H2,1-2H3/t14-/m1/s1. The smallest absolute Gasteiger partial charge is 0.335 e. The van der Waals surface area contributed by atoms with Crippen LogP contribution in [0.25, 0.3) is 0 Å². The van der Waals surface area contributed by atoms with Gasteiger partial charge in [0.2, 0.25) is 0 Å². The molecule has 1 N–H and O–H groups in total. The molecular weight excluding hydrogens is 397 g/mol. The van der Waals surface area contributed by atoms with Gasteiger partial charge < -0.3 is 14.8 Å². The molecule has 0 heterocycles. The fourth-order valence-corrected chi connectivity index (χ4v) is 3.55. The maximum absolute atomic E-state index is 12.1. The maximum atomic E-state index is 12.1. The molecule has 0 saturated heterocycles. The Morgan fingerprint density at radius 2 is 1.86 bits per heavy atom. The van der Waals surface area contributed by atoms with Crippen LogP contribution in [0.15, 0.2) is 65.9 Å². The summed E-state index contributed by atoms with van der Waals surface area (Å²) in [6, 6.07) is 13.2. The Morgan fingerprint density at radius 1 is 1.18 bits per heavy atom. The predicted molar refractivity (Wildman–Crippen MR) is 113 cm³/mol. The summed E-state index contributed by atoms with van der Waals surface area (Å²) in [4.78, 5) is 12.1. The van der Waals surface area contributed by atoms with Crippen molar-refractivity contribution in [2.24, 2.45) is 5.92 Å². The molecule has 0 aliphatic heterocycles. The van der Waals surface area contributed by atoms with E-state index in [-0.39, 0.29) is 11.9 Å². The molecule has 4 nitrogen and oxygen atoms in total. The first-order valence-electron chi connectivity index (χ1n) is 8.90. The fraction of sp³-hybridized carbons (Fsp3) is 0.227. The van der Waals surface area contributed by atoms with Gasteiger partial charge in [-0.2, -0.15) is 0 Å². The summed E-state index contributed by atoms with van der Waals surface area (Å²) >= 11 is 12.8. The van der Waals surface area contributed by atoms with Crippen LogP contribution in [-0.2, 0) is 16.1 Å². The zero-order chi connectivity index (χ0) is 20.1. The van der Waals surface area contributed by atoms with Gasteiger partial charge in [0, 0.05) is 11.4 Å². The molecule has 0 unspecified atom stereocenters. The summed E-state index contributed by atoms with van der Waals surface area (Å²) in [6.07, 6.45) is 4.52. The lowest BCUT2D eigenvalue weighted by Crippen LogP contribution is -2.16.